The van der Waals surface area contributed by atoms with Crippen LogP contribution in [0.2, 0.25) is 0 Å². The molecule has 0 spiro atoms. The lowest BCUT2D eigenvalue weighted by atomic mass is 10.4. The summed E-state index contributed by atoms with van der Waals surface area (Å²) in [7, 11) is 0. The normalized spacial score (nSPS) is 10.9. The Morgan fingerprint density at radius 1 is 1.50 bits per heavy atom. The summed E-state index contributed by atoms with van der Waals surface area (Å²) >= 11 is 2.57. The molecule has 2 aromatic rings. The molecular formula is C12H15N3O3S2. The van der Waals surface area contributed by atoms with E-state index in [1.807, 2.05) is 13.8 Å². The molecule has 0 aromatic carbocycles. The number of hydrogen-bond acceptors (Lipinski definition) is 6. The Bertz CT molecular complexity index is 676. The Kier molecular flexibility index (Phi) is 4.66. The maximum absolute atomic E-state index is 11.9. The molecule has 0 aliphatic carbocycles. The summed E-state index contributed by atoms with van der Waals surface area (Å²) in [5, 5.41) is 9.67. The van der Waals surface area contributed by atoms with Crippen molar-refractivity contribution >= 4 is 39.4 Å². The van der Waals surface area contributed by atoms with Gasteiger partial charge >= 0.3 is 0 Å². The number of rotatable bonds is 5. The number of thioether (sulfide) groups is 1. The lowest BCUT2D eigenvalue weighted by Crippen LogP contribution is -2.31. The van der Waals surface area contributed by atoms with Crippen LogP contribution in [0.15, 0.2) is 15.2 Å². The minimum absolute atomic E-state index is 0.0528. The molecule has 0 radical (unpaired) electrons. The van der Waals surface area contributed by atoms with E-state index in [2.05, 4.69) is 9.97 Å². The molecule has 0 saturated carbocycles. The lowest BCUT2D eigenvalue weighted by Gasteiger charge is -2.17. The average Bonchev–Trinajstić information content (AvgIpc) is 2.81. The number of thiazole rings is 1. The third-order valence-electron chi connectivity index (χ3n) is 2.78. The van der Waals surface area contributed by atoms with Crippen LogP contribution in [0.5, 0.6) is 5.75 Å². The van der Waals surface area contributed by atoms with Gasteiger partial charge in [0.25, 0.3) is 5.56 Å². The Balaban J connectivity index is 2.13. The number of nitrogens with zero attached hydrogens (tertiary/aromatic N) is 2. The van der Waals surface area contributed by atoms with Crippen LogP contribution in [-0.2, 0) is 4.79 Å². The standard InChI is InChI=1S/C12H15N3O3S2/c1-3-15(4-2)9(18)6-19-12-14-11-10(20-12)7(16)5-8(17)13-11/h5H,3-4,6H2,1-2H3,(H2,13,16,17). The second-order valence-corrected chi connectivity index (χ2v) is 6.25. The predicted molar refractivity (Wildman–Crippen MR) is 80.6 cm³/mol. The van der Waals surface area contributed by atoms with Crippen LogP contribution < -0.4 is 5.56 Å². The zero-order valence-electron chi connectivity index (χ0n) is 11.2. The summed E-state index contributed by atoms with van der Waals surface area (Å²) in [6.45, 7) is 5.24. The van der Waals surface area contributed by atoms with Crippen molar-refractivity contribution in [3.63, 3.8) is 0 Å². The molecule has 2 aromatic heterocycles. The zero-order chi connectivity index (χ0) is 14.7. The van der Waals surface area contributed by atoms with Gasteiger partial charge in [0.05, 0.1) is 5.75 Å². The van der Waals surface area contributed by atoms with Gasteiger partial charge in [-0.1, -0.05) is 11.8 Å². The molecular weight excluding hydrogens is 298 g/mol. The molecule has 1 amide bonds. The first-order valence-corrected chi connectivity index (χ1v) is 7.98. The molecule has 0 aliphatic rings. The van der Waals surface area contributed by atoms with Gasteiger partial charge in [-0.3, -0.25) is 9.59 Å². The van der Waals surface area contributed by atoms with Crippen LogP contribution in [-0.4, -0.2) is 44.7 Å². The van der Waals surface area contributed by atoms with E-state index in [1.54, 1.807) is 4.90 Å². The Labute approximate surface area is 123 Å². The van der Waals surface area contributed by atoms with Crippen molar-refractivity contribution in [2.45, 2.75) is 18.2 Å². The first-order chi connectivity index (χ1) is 9.55. The van der Waals surface area contributed by atoms with Crippen molar-refractivity contribution < 1.29 is 9.90 Å². The topological polar surface area (TPSA) is 86.3 Å². The Morgan fingerprint density at radius 2 is 2.20 bits per heavy atom. The fourth-order valence-electron chi connectivity index (χ4n) is 1.75. The van der Waals surface area contributed by atoms with E-state index in [0.29, 0.717) is 33.5 Å². The van der Waals surface area contributed by atoms with Gasteiger partial charge in [-0.25, -0.2) is 4.98 Å². The molecule has 0 bridgehead atoms. The molecule has 108 valence electrons. The molecule has 0 unspecified atom stereocenters. The SMILES string of the molecule is CCN(CC)C(=O)CSc1nc2[nH]c(=O)cc(O)c2s1. The van der Waals surface area contributed by atoms with Gasteiger partial charge in [0, 0.05) is 19.2 Å². The van der Waals surface area contributed by atoms with Crippen LogP contribution >= 0.6 is 23.1 Å². The first kappa shape index (κ1) is 14.9. The van der Waals surface area contributed by atoms with E-state index in [1.165, 1.54) is 23.1 Å². The number of H-pyrrole nitrogens is 1. The number of carbonyl (C=O) groups is 1. The van der Waals surface area contributed by atoms with Crippen LogP contribution in [0.4, 0.5) is 0 Å². The van der Waals surface area contributed by atoms with Gasteiger partial charge in [0.15, 0.2) is 9.99 Å². The number of nitrogens with one attached hydrogen (secondary N) is 1. The molecule has 6 nitrogen and oxygen atoms in total. The minimum atomic E-state index is -0.393. The quantitative estimate of drug-likeness (QED) is 0.820. The summed E-state index contributed by atoms with van der Waals surface area (Å²) in [6, 6.07) is 1.12. The van der Waals surface area contributed by atoms with Crippen LogP contribution in [0.25, 0.3) is 10.3 Å². The molecule has 0 saturated heterocycles. The summed E-state index contributed by atoms with van der Waals surface area (Å²) < 4.78 is 1.18. The van der Waals surface area contributed by atoms with Crippen LogP contribution in [0, 0.1) is 0 Å². The van der Waals surface area contributed by atoms with Crippen molar-refractivity contribution in [1.82, 2.24) is 14.9 Å². The fraction of sp³-hybridized carbons (Fsp3) is 0.417. The van der Waals surface area contributed by atoms with Crippen molar-refractivity contribution in [3.8, 4) is 5.75 Å². The second-order valence-electron chi connectivity index (χ2n) is 4.03. The van der Waals surface area contributed by atoms with Gasteiger partial charge in [0.2, 0.25) is 5.91 Å². The summed E-state index contributed by atoms with van der Waals surface area (Å²) in [5.74, 6) is 0.270. The number of hydrogen-bond donors (Lipinski definition) is 2. The number of carbonyl (C=O) groups excluding carboxylic acids is 1. The zero-order valence-corrected chi connectivity index (χ0v) is 12.8. The third kappa shape index (κ3) is 3.13. The van der Waals surface area contributed by atoms with E-state index < -0.39 is 5.56 Å². The monoisotopic (exact) mass is 313 g/mol. The number of aromatic nitrogens is 2. The van der Waals surface area contributed by atoms with Gasteiger partial charge < -0.3 is 15.0 Å². The third-order valence-corrected chi connectivity index (χ3v) is 4.99. The van der Waals surface area contributed by atoms with E-state index in [0.717, 1.165) is 6.07 Å². The van der Waals surface area contributed by atoms with E-state index in [-0.39, 0.29) is 11.7 Å². The van der Waals surface area contributed by atoms with E-state index in [4.69, 9.17) is 0 Å². The average molecular weight is 313 g/mol. The van der Waals surface area contributed by atoms with Crippen molar-refractivity contribution in [3.05, 3.63) is 16.4 Å². The molecule has 0 fully saturated rings. The molecule has 2 N–H and O–H groups in total. The number of aromatic amines is 1. The summed E-state index contributed by atoms with van der Waals surface area (Å²) in [4.78, 5) is 31.6. The van der Waals surface area contributed by atoms with Gasteiger partial charge in [-0.15, -0.1) is 11.3 Å². The predicted octanol–water partition coefficient (Wildman–Crippen LogP) is 1.65. The van der Waals surface area contributed by atoms with Crippen LogP contribution in [0.1, 0.15) is 13.8 Å². The second kappa shape index (κ2) is 6.27. The van der Waals surface area contributed by atoms with Crippen molar-refractivity contribution in [2.24, 2.45) is 0 Å². The Hall–Kier alpha value is -1.54. The number of aromatic hydroxyl groups is 1. The van der Waals surface area contributed by atoms with Crippen LogP contribution in [0.3, 0.4) is 0 Å². The highest BCUT2D eigenvalue weighted by Gasteiger charge is 2.14. The van der Waals surface area contributed by atoms with E-state index in [9.17, 15) is 14.7 Å². The minimum Gasteiger partial charge on any atom is -0.506 e. The fourth-order valence-corrected chi connectivity index (χ4v) is 3.67. The number of fused-ring (bicyclic) bond motifs is 1. The Morgan fingerprint density at radius 3 is 2.85 bits per heavy atom. The number of pyridine rings is 1. The molecule has 0 aliphatic heterocycles. The molecule has 2 heterocycles. The molecule has 0 atom stereocenters. The smallest absolute Gasteiger partial charge is 0.253 e. The lowest BCUT2D eigenvalue weighted by molar-refractivity contribution is -0.127. The largest absolute Gasteiger partial charge is 0.506 e. The highest BCUT2D eigenvalue weighted by molar-refractivity contribution is 8.01. The maximum Gasteiger partial charge on any atom is 0.253 e. The van der Waals surface area contributed by atoms with Gasteiger partial charge in [-0.2, -0.15) is 0 Å². The highest BCUT2D eigenvalue weighted by Crippen LogP contribution is 2.32. The molecule has 2 rings (SSSR count). The van der Waals surface area contributed by atoms with Crippen molar-refractivity contribution in [2.75, 3.05) is 18.8 Å². The number of amides is 1. The summed E-state index contributed by atoms with van der Waals surface area (Å²) in [6.07, 6.45) is 0. The van der Waals surface area contributed by atoms with Gasteiger partial charge in [0.1, 0.15) is 10.4 Å². The summed E-state index contributed by atoms with van der Waals surface area (Å²) in [5.41, 5.74) is -0.0335. The highest BCUT2D eigenvalue weighted by atomic mass is 32.2. The van der Waals surface area contributed by atoms with Gasteiger partial charge in [-0.05, 0) is 13.8 Å². The maximum atomic E-state index is 11.9. The first-order valence-electron chi connectivity index (χ1n) is 6.18. The van der Waals surface area contributed by atoms with Crippen molar-refractivity contribution in [1.29, 1.82) is 0 Å². The van der Waals surface area contributed by atoms with E-state index >= 15 is 0 Å². The molecule has 20 heavy (non-hydrogen) atoms. The molecule has 8 heteroatoms.